The van der Waals surface area contributed by atoms with E-state index in [0.29, 0.717) is 22.4 Å². The van der Waals surface area contributed by atoms with Crippen LogP contribution in [0, 0.1) is 0 Å². The fourth-order valence-corrected chi connectivity index (χ4v) is 4.88. The summed E-state index contributed by atoms with van der Waals surface area (Å²) in [7, 11) is 0. The van der Waals surface area contributed by atoms with Gasteiger partial charge in [-0.2, -0.15) is 0 Å². The van der Waals surface area contributed by atoms with Crippen molar-refractivity contribution in [1.82, 2.24) is 4.90 Å². The number of aliphatic hydroxyl groups is 2. The topological polar surface area (TPSA) is 115 Å². The van der Waals surface area contributed by atoms with Crippen LogP contribution in [0.5, 0.6) is 5.75 Å². The largest absolute Gasteiger partial charge is 0.462 e. The summed E-state index contributed by atoms with van der Waals surface area (Å²) in [6.07, 6.45) is -6.11. The lowest BCUT2D eigenvalue weighted by Gasteiger charge is -2.46. The summed E-state index contributed by atoms with van der Waals surface area (Å²) in [4.78, 5) is 26.8. The molecule has 3 aromatic carbocycles. The first-order chi connectivity index (χ1) is 18.0. The molecule has 6 atom stereocenters. The quantitative estimate of drug-likeness (QED) is 0.511. The molecule has 3 aliphatic heterocycles. The Morgan fingerprint density at radius 2 is 1.46 bits per heavy atom. The Labute approximate surface area is 212 Å². The van der Waals surface area contributed by atoms with Crippen LogP contribution in [0.3, 0.4) is 0 Å². The number of para-hydroxylation sites is 1. The molecule has 2 N–H and O–H groups in total. The highest BCUT2D eigenvalue weighted by Gasteiger charge is 2.50. The molecule has 6 rings (SSSR count). The number of hydrogen-bond acceptors (Lipinski definition) is 8. The zero-order valence-corrected chi connectivity index (χ0v) is 19.7. The van der Waals surface area contributed by atoms with Crippen molar-refractivity contribution in [3.8, 4) is 5.75 Å². The Bertz CT molecular complexity index is 1280. The monoisotopic (exact) mass is 503 g/mol. The van der Waals surface area contributed by atoms with E-state index >= 15 is 0 Å². The molecule has 2 fully saturated rings. The third-order valence-corrected chi connectivity index (χ3v) is 6.83. The molecular weight excluding hydrogens is 478 g/mol. The highest BCUT2D eigenvalue weighted by molar-refractivity contribution is 6.21. The molecule has 37 heavy (non-hydrogen) atoms. The van der Waals surface area contributed by atoms with Crippen LogP contribution in [0.4, 0.5) is 0 Å². The van der Waals surface area contributed by atoms with E-state index in [1.165, 1.54) is 0 Å². The Kier molecular flexibility index (Phi) is 6.23. The number of hydrogen-bond donors (Lipinski definition) is 2. The van der Waals surface area contributed by atoms with Gasteiger partial charge in [0.05, 0.1) is 24.3 Å². The summed E-state index contributed by atoms with van der Waals surface area (Å²) in [6.45, 7) is 0.107. The molecule has 190 valence electrons. The van der Waals surface area contributed by atoms with Crippen LogP contribution in [0.25, 0.3) is 0 Å². The van der Waals surface area contributed by atoms with Gasteiger partial charge in [0.2, 0.25) is 6.29 Å². The second kappa shape index (κ2) is 9.70. The van der Waals surface area contributed by atoms with Crippen LogP contribution in [0.2, 0.25) is 0 Å². The van der Waals surface area contributed by atoms with Crippen molar-refractivity contribution in [2.45, 2.75) is 43.5 Å². The van der Waals surface area contributed by atoms with E-state index in [-0.39, 0.29) is 25.0 Å². The van der Waals surface area contributed by atoms with Crippen LogP contribution >= 0.6 is 0 Å². The number of benzene rings is 3. The van der Waals surface area contributed by atoms with Gasteiger partial charge in [0, 0.05) is 11.1 Å². The molecule has 3 aliphatic rings. The van der Waals surface area contributed by atoms with Crippen molar-refractivity contribution in [2.75, 3.05) is 6.61 Å². The van der Waals surface area contributed by atoms with Crippen molar-refractivity contribution in [1.29, 1.82) is 0 Å². The zero-order valence-electron chi connectivity index (χ0n) is 19.7. The number of aliphatic hydroxyl groups excluding tert-OH is 2. The lowest BCUT2D eigenvalue weighted by molar-refractivity contribution is -0.350. The predicted molar refractivity (Wildman–Crippen MR) is 128 cm³/mol. The summed E-state index contributed by atoms with van der Waals surface area (Å²) in [5.41, 5.74) is 2.06. The minimum absolute atomic E-state index is 0.0229. The standard InChI is InChI=1S/C28H25NO8/c30-22-23(31)28(36-21-15-34-27(37-24(21)22)16-8-2-1-3-9-16)35-20-13-7-4-10-17(20)14-29-25(32)18-11-5-6-12-19(18)26(29)33/h1-13,21-24,27-28,30-31H,14-15H2/t21-,22-,23-,24-,27-,28-/m1/s1. The average molecular weight is 504 g/mol. The summed E-state index contributed by atoms with van der Waals surface area (Å²) in [5.74, 6) is -0.451. The van der Waals surface area contributed by atoms with Crippen LogP contribution in [-0.2, 0) is 20.8 Å². The van der Waals surface area contributed by atoms with Crippen LogP contribution in [0.15, 0.2) is 78.9 Å². The SMILES string of the molecule is O=C1c2ccccc2C(=O)N1Cc1ccccc1O[C@@H]1O[C@@H]2CO[C@@H](c3ccccc3)O[C@H]2[C@H](O)[C@H]1O. The van der Waals surface area contributed by atoms with Gasteiger partial charge in [-0.3, -0.25) is 14.5 Å². The van der Waals surface area contributed by atoms with Crippen molar-refractivity contribution in [2.24, 2.45) is 0 Å². The van der Waals surface area contributed by atoms with Crippen molar-refractivity contribution in [3.63, 3.8) is 0 Å². The molecule has 2 saturated heterocycles. The number of fused-ring (bicyclic) bond motifs is 2. The van der Waals surface area contributed by atoms with E-state index in [2.05, 4.69) is 0 Å². The Morgan fingerprint density at radius 1 is 0.811 bits per heavy atom. The summed E-state index contributed by atoms with van der Waals surface area (Å²) in [6, 6.07) is 22.9. The van der Waals surface area contributed by atoms with E-state index in [1.54, 1.807) is 48.5 Å². The molecule has 0 aromatic heterocycles. The van der Waals surface area contributed by atoms with Crippen LogP contribution in [0.1, 0.15) is 38.1 Å². The van der Waals surface area contributed by atoms with Crippen molar-refractivity contribution < 1.29 is 38.7 Å². The molecule has 0 unspecified atom stereocenters. The summed E-state index contributed by atoms with van der Waals surface area (Å²) in [5, 5.41) is 21.7. The third kappa shape index (κ3) is 4.30. The van der Waals surface area contributed by atoms with Crippen molar-refractivity contribution in [3.05, 3.63) is 101 Å². The van der Waals surface area contributed by atoms with Gasteiger partial charge in [-0.25, -0.2) is 0 Å². The minimum atomic E-state index is -1.41. The minimum Gasteiger partial charge on any atom is -0.462 e. The van der Waals surface area contributed by atoms with E-state index in [1.807, 2.05) is 30.3 Å². The highest BCUT2D eigenvalue weighted by atomic mass is 16.8. The van der Waals surface area contributed by atoms with Gasteiger partial charge < -0.3 is 29.2 Å². The molecule has 9 nitrogen and oxygen atoms in total. The van der Waals surface area contributed by atoms with E-state index < -0.39 is 37.0 Å². The molecule has 0 aliphatic carbocycles. The number of nitrogens with zero attached hydrogens (tertiary/aromatic N) is 1. The van der Waals surface area contributed by atoms with Gasteiger partial charge in [-0.15, -0.1) is 0 Å². The maximum atomic E-state index is 12.8. The first-order valence-corrected chi connectivity index (χ1v) is 12.0. The van der Waals surface area contributed by atoms with Crippen molar-refractivity contribution >= 4 is 11.8 Å². The fraction of sp³-hybridized carbons (Fsp3) is 0.286. The molecule has 3 heterocycles. The van der Waals surface area contributed by atoms with Gasteiger partial charge in [-0.1, -0.05) is 60.7 Å². The van der Waals surface area contributed by atoms with Gasteiger partial charge >= 0.3 is 0 Å². The molecule has 0 saturated carbocycles. The summed E-state index contributed by atoms with van der Waals surface area (Å²) >= 11 is 0. The number of carbonyl (C=O) groups is 2. The normalized spacial score (nSPS) is 29.1. The third-order valence-electron chi connectivity index (χ3n) is 6.83. The lowest BCUT2D eigenvalue weighted by Crippen LogP contribution is -2.63. The second-order valence-corrected chi connectivity index (χ2v) is 9.17. The zero-order chi connectivity index (χ0) is 25.5. The van der Waals surface area contributed by atoms with E-state index in [0.717, 1.165) is 10.5 Å². The number of imide groups is 1. The van der Waals surface area contributed by atoms with Gasteiger partial charge in [0.1, 0.15) is 30.2 Å². The highest BCUT2D eigenvalue weighted by Crippen LogP contribution is 2.35. The number of ether oxygens (including phenoxy) is 4. The Hall–Kier alpha value is -3.60. The van der Waals surface area contributed by atoms with Crippen LogP contribution in [-0.4, -0.2) is 64.2 Å². The Balaban J connectivity index is 1.17. The van der Waals surface area contributed by atoms with E-state index in [9.17, 15) is 19.8 Å². The van der Waals surface area contributed by atoms with Gasteiger partial charge in [0.25, 0.3) is 11.8 Å². The molecule has 0 bridgehead atoms. The molecule has 2 amide bonds. The number of amides is 2. The molecule has 9 heteroatoms. The second-order valence-electron chi connectivity index (χ2n) is 9.17. The molecule has 3 aromatic rings. The molecular formula is C28H25NO8. The smallest absolute Gasteiger partial charge is 0.261 e. The first-order valence-electron chi connectivity index (χ1n) is 12.0. The Morgan fingerprint density at radius 3 is 2.19 bits per heavy atom. The van der Waals surface area contributed by atoms with E-state index in [4.69, 9.17) is 18.9 Å². The predicted octanol–water partition coefficient (Wildman–Crippen LogP) is 2.42. The maximum Gasteiger partial charge on any atom is 0.261 e. The number of rotatable bonds is 5. The first kappa shape index (κ1) is 23.8. The van der Waals surface area contributed by atoms with Gasteiger partial charge in [0.15, 0.2) is 6.29 Å². The van der Waals surface area contributed by atoms with Gasteiger partial charge in [-0.05, 0) is 18.2 Å². The maximum absolute atomic E-state index is 12.8. The molecule has 0 radical (unpaired) electrons. The van der Waals surface area contributed by atoms with Crippen LogP contribution < -0.4 is 4.74 Å². The number of carbonyl (C=O) groups excluding carboxylic acids is 2. The fourth-order valence-electron chi connectivity index (χ4n) is 4.88. The summed E-state index contributed by atoms with van der Waals surface area (Å²) < 4.78 is 23.7. The molecule has 0 spiro atoms. The lowest BCUT2D eigenvalue weighted by atomic mass is 9.98. The average Bonchev–Trinajstić information content (AvgIpc) is 3.18.